The number of thiazole rings is 1. The van der Waals surface area contributed by atoms with Gasteiger partial charge in [0.1, 0.15) is 5.01 Å². The lowest BCUT2D eigenvalue weighted by molar-refractivity contribution is 0.162. The number of hydrogen-bond acceptors (Lipinski definition) is 4. The molecule has 2 atom stereocenters. The summed E-state index contributed by atoms with van der Waals surface area (Å²) in [6, 6.07) is -0.0504. The zero-order chi connectivity index (χ0) is 14.7. The summed E-state index contributed by atoms with van der Waals surface area (Å²) < 4.78 is 0. The Kier molecular flexibility index (Phi) is 4.99. The van der Waals surface area contributed by atoms with Crippen LogP contribution in [0, 0.1) is 12.8 Å². The summed E-state index contributed by atoms with van der Waals surface area (Å²) in [6.45, 7) is 4.26. The molecule has 2 amide bonds. The standard InChI is InChI=1S/C14H23N3O2S/c1-9-8-20-13(15-9)12(11-4-5-11)16-14(19)17(3)7-6-10(2)18/h8,10-12,18H,4-7H2,1-3H3,(H,16,19). The summed E-state index contributed by atoms with van der Waals surface area (Å²) >= 11 is 1.61. The van der Waals surface area contributed by atoms with Gasteiger partial charge in [-0.15, -0.1) is 11.3 Å². The Labute approximate surface area is 124 Å². The minimum absolute atomic E-state index is 0.0372. The highest BCUT2D eigenvalue weighted by Crippen LogP contribution is 2.41. The third-order valence-electron chi connectivity index (χ3n) is 3.50. The third-order valence-corrected chi connectivity index (χ3v) is 4.55. The lowest BCUT2D eigenvalue weighted by Crippen LogP contribution is -2.41. The second kappa shape index (κ2) is 6.54. The van der Waals surface area contributed by atoms with Crippen LogP contribution in [0.25, 0.3) is 0 Å². The van der Waals surface area contributed by atoms with Crippen molar-refractivity contribution in [1.29, 1.82) is 0 Å². The molecule has 0 aromatic carbocycles. The van der Waals surface area contributed by atoms with Crippen molar-refractivity contribution in [2.45, 2.75) is 45.3 Å². The van der Waals surface area contributed by atoms with Crippen molar-refractivity contribution in [1.82, 2.24) is 15.2 Å². The van der Waals surface area contributed by atoms with Gasteiger partial charge in [-0.05, 0) is 39.0 Å². The van der Waals surface area contributed by atoms with Crippen LogP contribution < -0.4 is 5.32 Å². The SMILES string of the molecule is Cc1csc(C(NC(=O)N(C)CCC(C)O)C2CC2)n1. The van der Waals surface area contributed by atoms with E-state index < -0.39 is 0 Å². The maximum Gasteiger partial charge on any atom is 0.317 e. The van der Waals surface area contributed by atoms with Crippen LogP contribution >= 0.6 is 11.3 Å². The van der Waals surface area contributed by atoms with E-state index in [1.165, 1.54) is 0 Å². The van der Waals surface area contributed by atoms with Crippen LogP contribution in [-0.4, -0.2) is 40.7 Å². The molecule has 0 radical (unpaired) electrons. The van der Waals surface area contributed by atoms with E-state index in [4.69, 9.17) is 0 Å². The first-order chi connectivity index (χ1) is 9.47. The maximum absolute atomic E-state index is 12.2. The average Bonchev–Trinajstić information content (AvgIpc) is 3.14. The van der Waals surface area contributed by atoms with Crippen molar-refractivity contribution in [2.24, 2.45) is 5.92 Å². The molecule has 20 heavy (non-hydrogen) atoms. The fourth-order valence-electron chi connectivity index (χ4n) is 2.05. The van der Waals surface area contributed by atoms with E-state index in [9.17, 15) is 9.90 Å². The molecule has 2 rings (SSSR count). The molecule has 1 aliphatic rings. The number of aromatic nitrogens is 1. The Balaban J connectivity index is 1.93. The highest BCUT2D eigenvalue weighted by Gasteiger charge is 2.35. The summed E-state index contributed by atoms with van der Waals surface area (Å²) in [5, 5.41) is 15.4. The highest BCUT2D eigenvalue weighted by atomic mass is 32.1. The molecule has 0 aliphatic heterocycles. The van der Waals surface area contributed by atoms with Gasteiger partial charge in [-0.2, -0.15) is 0 Å². The molecule has 6 heteroatoms. The minimum atomic E-state index is -0.383. The molecule has 2 N–H and O–H groups in total. The minimum Gasteiger partial charge on any atom is -0.393 e. The molecular weight excluding hydrogens is 274 g/mol. The summed E-state index contributed by atoms with van der Waals surface area (Å²) in [5.41, 5.74) is 1.01. The van der Waals surface area contributed by atoms with E-state index in [1.54, 1.807) is 30.2 Å². The first-order valence-corrected chi connectivity index (χ1v) is 7.97. The Bertz CT molecular complexity index is 457. The van der Waals surface area contributed by atoms with Crippen LogP contribution in [0.15, 0.2) is 5.38 Å². The van der Waals surface area contributed by atoms with E-state index in [1.807, 2.05) is 12.3 Å². The van der Waals surface area contributed by atoms with E-state index in [2.05, 4.69) is 10.3 Å². The first kappa shape index (κ1) is 15.3. The van der Waals surface area contributed by atoms with E-state index in [0.717, 1.165) is 23.5 Å². The molecule has 0 spiro atoms. The molecule has 1 heterocycles. The third kappa shape index (κ3) is 4.18. The molecule has 1 aromatic rings. The van der Waals surface area contributed by atoms with Crippen LogP contribution in [0.3, 0.4) is 0 Å². The summed E-state index contributed by atoms with van der Waals surface area (Å²) in [4.78, 5) is 18.3. The molecule has 1 saturated carbocycles. The van der Waals surface area contributed by atoms with Gasteiger partial charge >= 0.3 is 6.03 Å². The molecule has 0 saturated heterocycles. The number of nitrogens with zero attached hydrogens (tertiary/aromatic N) is 2. The topological polar surface area (TPSA) is 65.5 Å². The van der Waals surface area contributed by atoms with E-state index in [0.29, 0.717) is 18.9 Å². The smallest absolute Gasteiger partial charge is 0.317 e. The van der Waals surface area contributed by atoms with E-state index >= 15 is 0 Å². The van der Waals surface area contributed by atoms with Crippen molar-refractivity contribution < 1.29 is 9.90 Å². The lowest BCUT2D eigenvalue weighted by atomic mass is 10.2. The normalized spacial score (nSPS) is 17.6. The number of aliphatic hydroxyl groups excluding tert-OH is 1. The Morgan fingerprint density at radius 1 is 1.65 bits per heavy atom. The van der Waals surface area contributed by atoms with Crippen molar-refractivity contribution >= 4 is 17.4 Å². The van der Waals surface area contributed by atoms with Gasteiger partial charge in [0.15, 0.2) is 0 Å². The number of nitrogens with one attached hydrogen (secondary N) is 1. The van der Waals surface area contributed by atoms with Crippen LogP contribution in [0.2, 0.25) is 0 Å². The summed E-state index contributed by atoms with van der Waals surface area (Å²) in [7, 11) is 1.76. The second-order valence-electron chi connectivity index (χ2n) is 5.65. The lowest BCUT2D eigenvalue weighted by Gasteiger charge is -2.23. The number of urea groups is 1. The van der Waals surface area contributed by atoms with Crippen molar-refractivity contribution in [3.05, 3.63) is 16.1 Å². The Morgan fingerprint density at radius 3 is 2.85 bits per heavy atom. The number of rotatable bonds is 6. The summed E-state index contributed by atoms with van der Waals surface area (Å²) in [6.07, 6.45) is 2.52. The molecule has 1 aliphatic carbocycles. The van der Waals surface area contributed by atoms with Gasteiger partial charge in [0.25, 0.3) is 0 Å². The van der Waals surface area contributed by atoms with Crippen LogP contribution in [-0.2, 0) is 0 Å². The monoisotopic (exact) mass is 297 g/mol. The second-order valence-corrected chi connectivity index (χ2v) is 6.54. The molecule has 1 fully saturated rings. The van der Waals surface area contributed by atoms with E-state index in [-0.39, 0.29) is 18.2 Å². The predicted molar refractivity (Wildman–Crippen MR) is 79.8 cm³/mol. The molecule has 1 aromatic heterocycles. The molecule has 5 nitrogen and oxygen atoms in total. The van der Waals surface area contributed by atoms with Crippen LogP contribution in [0.1, 0.15) is 42.9 Å². The van der Waals surface area contributed by atoms with Crippen molar-refractivity contribution in [2.75, 3.05) is 13.6 Å². The predicted octanol–water partition coefficient (Wildman–Crippen LogP) is 2.31. The molecule has 0 bridgehead atoms. The number of aliphatic hydroxyl groups is 1. The first-order valence-electron chi connectivity index (χ1n) is 7.09. The maximum atomic E-state index is 12.2. The van der Waals surface area contributed by atoms with Crippen molar-refractivity contribution in [3.8, 4) is 0 Å². The molecule has 2 unspecified atom stereocenters. The van der Waals surface area contributed by atoms with Crippen LogP contribution in [0.5, 0.6) is 0 Å². The zero-order valence-corrected chi connectivity index (χ0v) is 13.1. The zero-order valence-electron chi connectivity index (χ0n) is 12.3. The summed E-state index contributed by atoms with van der Waals surface area (Å²) in [5.74, 6) is 0.523. The van der Waals surface area contributed by atoms with Gasteiger partial charge in [0.2, 0.25) is 0 Å². The van der Waals surface area contributed by atoms with Crippen LogP contribution in [0.4, 0.5) is 4.79 Å². The number of aryl methyl sites for hydroxylation is 1. The quantitative estimate of drug-likeness (QED) is 0.847. The van der Waals surface area contributed by atoms with Gasteiger partial charge in [-0.1, -0.05) is 0 Å². The van der Waals surface area contributed by atoms with Crippen molar-refractivity contribution in [3.63, 3.8) is 0 Å². The van der Waals surface area contributed by atoms with Gasteiger partial charge < -0.3 is 15.3 Å². The Morgan fingerprint density at radius 2 is 2.35 bits per heavy atom. The average molecular weight is 297 g/mol. The number of hydrogen-bond donors (Lipinski definition) is 2. The van der Waals surface area contributed by atoms with Gasteiger partial charge in [0.05, 0.1) is 12.1 Å². The fourth-order valence-corrected chi connectivity index (χ4v) is 2.99. The molecule has 112 valence electrons. The number of carbonyl (C=O) groups is 1. The highest BCUT2D eigenvalue weighted by molar-refractivity contribution is 7.09. The Hall–Kier alpha value is -1.14. The van der Waals surface area contributed by atoms with Gasteiger partial charge in [0, 0.05) is 24.7 Å². The molecular formula is C14H23N3O2S. The number of carbonyl (C=O) groups excluding carboxylic acids is 1. The number of amides is 2. The fraction of sp³-hybridized carbons (Fsp3) is 0.714. The van der Waals surface area contributed by atoms with Gasteiger partial charge in [-0.3, -0.25) is 0 Å². The largest absolute Gasteiger partial charge is 0.393 e. The van der Waals surface area contributed by atoms with Gasteiger partial charge in [-0.25, -0.2) is 9.78 Å².